The molecular weight excluding hydrogens is 220 g/mol. The van der Waals surface area contributed by atoms with Crippen molar-refractivity contribution in [3.05, 3.63) is 11.4 Å². The van der Waals surface area contributed by atoms with E-state index in [9.17, 15) is 0 Å². The van der Waals surface area contributed by atoms with Gasteiger partial charge in [0, 0.05) is 13.6 Å². The third-order valence-electron chi connectivity index (χ3n) is 2.32. The molecule has 0 bridgehead atoms. The second kappa shape index (κ2) is 4.25. The van der Waals surface area contributed by atoms with Gasteiger partial charge in [-0.15, -0.1) is 11.3 Å². The van der Waals surface area contributed by atoms with Crippen LogP contribution in [0.5, 0.6) is 0 Å². The molecule has 0 saturated carbocycles. The molecule has 2 aromatic heterocycles. The Bertz CT molecular complexity index is 492. The van der Waals surface area contributed by atoms with Crippen molar-refractivity contribution in [2.24, 2.45) is 5.92 Å². The molecule has 0 saturated heterocycles. The molecule has 0 aromatic carbocycles. The Balaban J connectivity index is 2.45. The molecule has 0 aliphatic rings. The summed E-state index contributed by atoms with van der Waals surface area (Å²) in [5.74, 6) is 1.87. The summed E-state index contributed by atoms with van der Waals surface area (Å²) < 4.78 is 0. The lowest BCUT2D eigenvalue weighted by molar-refractivity contribution is 0.636. The molecule has 86 valence electrons. The maximum atomic E-state index is 5.71. The number of nitrogens with two attached hydrogens (primary N) is 1. The van der Waals surface area contributed by atoms with Crippen LogP contribution < -0.4 is 10.6 Å². The zero-order chi connectivity index (χ0) is 11.7. The Morgan fingerprint density at radius 3 is 2.88 bits per heavy atom. The summed E-state index contributed by atoms with van der Waals surface area (Å²) >= 11 is 1.59. The van der Waals surface area contributed by atoms with E-state index in [4.69, 9.17) is 5.73 Å². The topological polar surface area (TPSA) is 55.0 Å². The molecular formula is C11H16N4S. The van der Waals surface area contributed by atoms with Crippen LogP contribution in [-0.2, 0) is 0 Å². The van der Waals surface area contributed by atoms with Crippen molar-refractivity contribution in [1.29, 1.82) is 0 Å². The lowest BCUT2D eigenvalue weighted by Crippen LogP contribution is -2.24. The number of hydrogen-bond donors (Lipinski definition) is 1. The van der Waals surface area contributed by atoms with Crippen LogP contribution >= 0.6 is 11.3 Å². The molecule has 2 heterocycles. The molecule has 0 aliphatic carbocycles. The molecule has 2 aromatic rings. The average molecular weight is 236 g/mol. The van der Waals surface area contributed by atoms with Gasteiger partial charge in [0.1, 0.15) is 10.6 Å². The minimum atomic E-state index is 0.348. The van der Waals surface area contributed by atoms with E-state index < -0.39 is 0 Å². The van der Waals surface area contributed by atoms with Crippen LogP contribution in [0.25, 0.3) is 10.2 Å². The van der Waals surface area contributed by atoms with E-state index in [2.05, 4.69) is 28.7 Å². The normalized spacial score (nSPS) is 11.2. The van der Waals surface area contributed by atoms with Gasteiger partial charge in [0.15, 0.2) is 0 Å². The smallest absolute Gasteiger partial charge is 0.223 e. The highest BCUT2D eigenvalue weighted by Gasteiger charge is 2.12. The number of nitrogen functional groups attached to an aromatic ring is 1. The van der Waals surface area contributed by atoms with Crippen LogP contribution in [0.1, 0.15) is 13.8 Å². The van der Waals surface area contributed by atoms with E-state index in [0.29, 0.717) is 11.9 Å². The van der Waals surface area contributed by atoms with E-state index in [-0.39, 0.29) is 0 Å². The van der Waals surface area contributed by atoms with Gasteiger partial charge in [-0.1, -0.05) is 13.8 Å². The second-order valence-corrected chi connectivity index (χ2v) is 5.21. The summed E-state index contributed by atoms with van der Waals surface area (Å²) in [6, 6.07) is 2.05. The molecule has 0 aliphatic heterocycles. The first-order valence-corrected chi connectivity index (χ1v) is 6.17. The Morgan fingerprint density at radius 1 is 1.44 bits per heavy atom. The second-order valence-electron chi connectivity index (χ2n) is 4.32. The predicted octanol–water partition coefficient (Wildman–Crippen LogP) is 2.37. The molecule has 0 spiro atoms. The number of rotatable bonds is 3. The van der Waals surface area contributed by atoms with E-state index in [1.807, 2.05) is 18.5 Å². The van der Waals surface area contributed by atoms with Crippen LogP contribution in [-0.4, -0.2) is 23.6 Å². The van der Waals surface area contributed by atoms with Crippen LogP contribution in [0.4, 0.5) is 11.8 Å². The standard InChI is InChI=1S/C11H16N4S/c1-7(2)6-15(3)9-8-4-5-16-10(8)14-11(12)13-9/h4-5,7H,6H2,1-3H3,(H2,12,13,14). The maximum absolute atomic E-state index is 5.71. The Kier molecular flexibility index (Phi) is 2.96. The molecule has 0 unspecified atom stereocenters. The summed E-state index contributed by atoms with van der Waals surface area (Å²) in [6.45, 7) is 5.33. The van der Waals surface area contributed by atoms with Crippen LogP contribution in [0, 0.1) is 5.92 Å². The number of fused-ring (bicyclic) bond motifs is 1. The van der Waals surface area contributed by atoms with Gasteiger partial charge in [-0.2, -0.15) is 4.98 Å². The minimum absolute atomic E-state index is 0.348. The minimum Gasteiger partial charge on any atom is -0.368 e. The zero-order valence-electron chi connectivity index (χ0n) is 9.77. The van der Waals surface area contributed by atoms with Crippen molar-refractivity contribution in [2.45, 2.75) is 13.8 Å². The largest absolute Gasteiger partial charge is 0.368 e. The molecule has 4 nitrogen and oxygen atoms in total. The third kappa shape index (κ3) is 2.09. The van der Waals surface area contributed by atoms with Crippen LogP contribution in [0.15, 0.2) is 11.4 Å². The van der Waals surface area contributed by atoms with E-state index >= 15 is 0 Å². The molecule has 2 rings (SSSR count). The van der Waals surface area contributed by atoms with E-state index in [1.54, 1.807) is 11.3 Å². The molecule has 5 heteroatoms. The van der Waals surface area contributed by atoms with Crippen LogP contribution in [0.3, 0.4) is 0 Å². The Labute approximate surface area is 99.1 Å². The van der Waals surface area contributed by atoms with Crippen molar-refractivity contribution in [3.8, 4) is 0 Å². The molecule has 0 fully saturated rings. The number of thiophene rings is 1. The highest BCUT2D eigenvalue weighted by molar-refractivity contribution is 7.16. The predicted molar refractivity (Wildman–Crippen MR) is 69.9 cm³/mol. The fourth-order valence-electron chi connectivity index (χ4n) is 1.78. The molecule has 2 N–H and O–H groups in total. The van der Waals surface area contributed by atoms with Gasteiger partial charge in [-0.05, 0) is 17.4 Å². The summed E-state index contributed by atoms with van der Waals surface area (Å²) in [5, 5.41) is 3.10. The monoisotopic (exact) mass is 236 g/mol. The van der Waals surface area contributed by atoms with Crippen molar-refractivity contribution >= 4 is 33.3 Å². The SMILES string of the molecule is CC(C)CN(C)c1nc(N)nc2sccc12. The van der Waals surface area contributed by atoms with Gasteiger partial charge >= 0.3 is 0 Å². The van der Waals surface area contributed by atoms with Gasteiger partial charge in [0.2, 0.25) is 5.95 Å². The average Bonchev–Trinajstić information content (AvgIpc) is 2.62. The highest BCUT2D eigenvalue weighted by Crippen LogP contribution is 2.28. The Morgan fingerprint density at radius 2 is 2.19 bits per heavy atom. The summed E-state index contributed by atoms with van der Waals surface area (Å²) in [5.41, 5.74) is 5.71. The van der Waals surface area contributed by atoms with Crippen molar-refractivity contribution in [1.82, 2.24) is 9.97 Å². The third-order valence-corrected chi connectivity index (χ3v) is 3.13. The van der Waals surface area contributed by atoms with Crippen molar-refractivity contribution in [2.75, 3.05) is 24.2 Å². The molecule has 0 amide bonds. The number of nitrogens with zero attached hydrogens (tertiary/aromatic N) is 3. The van der Waals surface area contributed by atoms with E-state index in [0.717, 1.165) is 22.6 Å². The zero-order valence-corrected chi connectivity index (χ0v) is 10.6. The first-order chi connectivity index (χ1) is 7.58. The van der Waals surface area contributed by atoms with Crippen LogP contribution in [0.2, 0.25) is 0 Å². The number of anilines is 2. The van der Waals surface area contributed by atoms with Gasteiger partial charge in [-0.25, -0.2) is 4.98 Å². The molecule has 16 heavy (non-hydrogen) atoms. The quantitative estimate of drug-likeness (QED) is 0.889. The summed E-state index contributed by atoms with van der Waals surface area (Å²) in [7, 11) is 2.04. The molecule has 0 atom stereocenters. The maximum Gasteiger partial charge on any atom is 0.223 e. The summed E-state index contributed by atoms with van der Waals surface area (Å²) in [6.07, 6.45) is 0. The Hall–Kier alpha value is -1.36. The number of hydrogen-bond acceptors (Lipinski definition) is 5. The first-order valence-electron chi connectivity index (χ1n) is 5.29. The van der Waals surface area contributed by atoms with Gasteiger partial charge in [0.05, 0.1) is 5.39 Å². The van der Waals surface area contributed by atoms with E-state index in [1.165, 1.54) is 0 Å². The fraction of sp³-hybridized carbons (Fsp3) is 0.455. The number of aromatic nitrogens is 2. The lowest BCUT2D eigenvalue weighted by Gasteiger charge is -2.21. The lowest BCUT2D eigenvalue weighted by atomic mass is 10.2. The first kappa shape index (κ1) is 11.1. The fourth-order valence-corrected chi connectivity index (χ4v) is 2.55. The molecule has 0 radical (unpaired) electrons. The van der Waals surface area contributed by atoms with Crippen molar-refractivity contribution < 1.29 is 0 Å². The van der Waals surface area contributed by atoms with Crippen molar-refractivity contribution in [3.63, 3.8) is 0 Å². The van der Waals surface area contributed by atoms with Gasteiger partial charge < -0.3 is 10.6 Å². The van der Waals surface area contributed by atoms with Gasteiger partial charge in [-0.3, -0.25) is 0 Å². The summed E-state index contributed by atoms with van der Waals surface area (Å²) in [4.78, 5) is 11.6. The highest BCUT2D eigenvalue weighted by atomic mass is 32.1. The van der Waals surface area contributed by atoms with Gasteiger partial charge in [0.25, 0.3) is 0 Å².